The van der Waals surface area contributed by atoms with Gasteiger partial charge in [0.25, 0.3) is 0 Å². The van der Waals surface area contributed by atoms with Gasteiger partial charge in [0.05, 0.1) is 17.9 Å². The normalized spacial score (nSPS) is 15.0. The molecule has 5 nitrogen and oxygen atoms in total. The highest BCUT2D eigenvalue weighted by Gasteiger charge is 2.17. The molecule has 1 N–H and O–H groups in total. The van der Waals surface area contributed by atoms with Gasteiger partial charge in [0.15, 0.2) is 0 Å². The van der Waals surface area contributed by atoms with Crippen molar-refractivity contribution >= 4 is 11.9 Å². The molecule has 1 aliphatic rings. The summed E-state index contributed by atoms with van der Waals surface area (Å²) in [5, 5.41) is 3.43. The van der Waals surface area contributed by atoms with Crippen LogP contribution >= 0.6 is 0 Å². The molecule has 126 valence electrons. The molecular formula is C19H23N3O2. The van der Waals surface area contributed by atoms with Gasteiger partial charge in [-0.2, -0.15) is 0 Å². The standard InChI is InChI=1S/C19H23N3O2/c1-2-24-18(23)16-11-7-6-10-15(16)17-12-13-20-19(22-17)21-14-8-4-3-5-9-14/h6-7,10-14H,2-5,8-9H2,1H3,(H,20,21,22). The SMILES string of the molecule is CCOC(=O)c1ccccc1-c1ccnc(NC2CCCCC2)n1. The van der Waals surface area contributed by atoms with Crippen LogP contribution in [0.15, 0.2) is 36.5 Å². The van der Waals surface area contributed by atoms with E-state index in [4.69, 9.17) is 4.74 Å². The molecule has 0 saturated heterocycles. The zero-order valence-corrected chi connectivity index (χ0v) is 14.0. The second kappa shape index (κ2) is 7.90. The maximum absolute atomic E-state index is 12.2. The fourth-order valence-electron chi connectivity index (χ4n) is 3.10. The van der Waals surface area contributed by atoms with Gasteiger partial charge in [-0.3, -0.25) is 0 Å². The van der Waals surface area contributed by atoms with E-state index in [1.54, 1.807) is 19.2 Å². The Hall–Kier alpha value is -2.43. The lowest BCUT2D eigenvalue weighted by atomic mass is 9.96. The van der Waals surface area contributed by atoms with Crippen molar-refractivity contribution in [3.63, 3.8) is 0 Å². The van der Waals surface area contributed by atoms with Crippen LogP contribution in [0.2, 0.25) is 0 Å². The van der Waals surface area contributed by atoms with E-state index in [-0.39, 0.29) is 5.97 Å². The molecule has 1 fully saturated rings. The summed E-state index contributed by atoms with van der Waals surface area (Å²) in [6.07, 6.45) is 7.87. The molecule has 3 rings (SSSR count). The number of aromatic nitrogens is 2. The minimum absolute atomic E-state index is 0.325. The molecule has 0 atom stereocenters. The van der Waals surface area contributed by atoms with Crippen LogP contribution in [0.4, 0.5) is 5.95 Å². The van der Waals surface area contributed by atoms with Crippen molar-refractivity contribution in [2.24, 2.45) is 0 Å². The summed E-state index contributed by atoms with van der Waals surface area (Å²) in [6, 6.07) is 9.65. The third-order valence-corrected chi connectivity index (χ3v) is 4.29. The first-order chi connectivity index (χ1) is 11.8. The first-order valence-corrected chi connectivity index (χ1v) is 8.64. The Morgan fingerprint density at radius 1 is 1.21 bits per heavy atom. The number of nitrogens with one attached hydrogen (secondary N) is 1. The van der Waals surface area contributed by atoms with Gasteiger partial charge in [-0.25, -0.2) is 14.8 Å². The van der Waals surface area contributed by atoms with Gasteiger partial charge in [-0.05, 0) is 31.9 Å². The van der Waals surface area contributed by atoms with E-state index < -0.39 is 0 Å². The van der Waals surface area contributed by atoms with E-state index in [0.29, 0.717) is 24.2 Å². The second-order valence-corrected chi connectivity index (χ2v) is 6.01. The average molecular weight is 325 g/mol. The third kappa shape index (κ3) is 3.91. The molecule has 0 aliphatic heterocycles. The summed E-state index contributed by atoms with van der Waals surface area (Å²) in [6.45, 7) is 2.16. The predicted molar refractivity (Wildman–Crippen MR) is 93.9 cm³/mol. The number of ether oxygens (including phenoxy) is 1. The quantitative estimate of drug-likeness (QED) is 0.840. The van der Waals surface area contributed by atoms with Crippen LogP contribution in [-0.4, -0.2) is 28.6 Å². The summed E-state index contributed by atoms with van der Waals surface area (Å²) in [4.78, 5) is 21.1. The number of hydrogen-bond acceptors (Lipinski definition) is 5. The molecule has 1 aliphatic carbocycles. The Morgan fingerprint density at radius 2 is 2.00 bits per heavy atom. The summed E-state index contributed by atoms with van der Waals surface area (Å²) >= 11 is 0. The Kier molecular flexibility index (Phi) is 5.41. The lowest BCUT2D eigenvalue weighted by Gasteiger charge is -2.22. The van der Waals surface area contributed by atoms with Gasteiger partial charge in [0.2, 0.25) is 5.95 Å². The highest BCUT2D eigenvalue weighted by Crippen LogP contribution is 2.24. The third-order valence-electron chi connectivity index (χ3n) is 4.29. The number of benzene rings is 1. The van der Waals surface area contributed by atoms with Gasteiger partial charge in [-0.15, -0.1) is 0 Å². The van der Waals surface area contributed by atoms with Gasteiger partial charge in [-0.1, -0.05) is 37.5 Å². The van der Waals surface area contributed by atoms with Gasteiger partial charge in [0.1, 0.15) is 0 Å². The Balaban J connectivity index is 1.85. The van der Waals surface area contributed by atoms with E-state index in [2.05, 4.69) is 15.3 Å². The minimum Gasteiger partial charge on any atom is -0.462 e. The fourth-order valence-corrected chi connectivity index (χ4v) is 3.10. The van der Waals surface area contributed by atoms with Crippen molar-refractivity contribution in [1.82, 2.24) is 9.97 Å². The van der Waals surface area contributed by atoms with Crippen LogP contribution in [0.3, 0.4) is 0 Å². The van der Waals surface area contributed by atoms with Crippen LogP contribution in [0, 0.1) is 0 Å². The highest BCUT2D eigenvalue weighted by atomic mass is 16.5. The van der Waals surface area contributed by atoms with Crippen LogP contribution in [0.25, 0.3) is 11.3 Å². The highest BCUT2D eigenvalue weighted by molar-refractivity contribution is 5.96. The molecule has 24 heavy (non-hydrogen) atoms. The van der Waals surface area contributed by atoms with Crippen molar-refractivity contribution in [2.75, 3.05) is 11.9 Å². The van der Waals surface area contributed by atoms with Crippen LogP contribution in [0.1, 0.15) is 49.4 Å². The average Bonchev–Trinajstić information content (AvgIpc) is 2.63. The van der Waals surface area contributed by atoms with Crippen molar-refractivity contribution in [3.8, 4) is 11.3 Å². The fraction of sp³-hybridized carbons (Fsp3) is 0.421. The van der Waals surface area contributed by atoms with Gasteiger partial charge < -0.3 is 10.1 Å². The summed E-state index contributed by atoms with van der Waals surface area (Å²) in [5.41, 5.74) is 2.03. The predicted octanol–water partition coefficient (Wildman–Crippen LogP) is 4.06. The second-order valence-electron chi connectivity index (χ2n) is 6.01. The van der Waals surface area contributed by atoms with Crippen molar-refractivity contribution in [2.45, 2.75) is 45.1 Å². The van der Waals surface area contributed by atoms with E-state index in [1.165, 1.54) is 19.3 Å². The molecule has 0 unspecified atom stereocenters. The Bertz CT molecular complexity index is 697. The van der Waals surface area contributed by atoms with E-state index in [9.17, 15) is 4.79 Å². The number of carbonyl (C=O) groups is 1. The van der Waals surface area contributed by atoms with Gasteiger partial charge in [0, 0.05) is 17.8 Å². The smallest absolute Gasteiger partial charge is 0.338 e. The molecular weight excluding hydrogens is 302 g/mol. The maximum atomic E-state index is 12.2. The molecule has 1 saturated carbocycles. The van der Waals surface area contributed by atoms with Crippen LogP contribution in [0.5, 0.6) is 0 Å². The largest absolute Gasteiger partial charge is 0.462 e. The zero-order valence-electron chi connectivity index (χ0n) is 14.0. The lowest BCUT2D eigenvalue weighted by Crippen LogP contribution is -2.23. The molecule has 0 amide bonds. The van der Waals surface area contributed by atoms with Gasteiger partial charge >= 0.3 is 5.97 Å². The molecule has 0 radical (unpaired) electrons. The van der Waals surface area contributed by atoms with Crippen LogP contribution < -0.4 is 5.32 Å². The number of hydrogen-bond donors (Lipinski definition) is 1. The molecule has 1 heterocycles. The number of nitrogens with zero attached hydrogens (tertiary/aromatic N) is 2. The number of esters is 1. The molecule has 5 heteroatoms. The Labute approximate surface area is 142 Å². The number of carbonyl (C=O) groups excluding carboxylic acids is 1. The molecule has 0 spiro atoms. The first kappa shape index (κ1) is 16.4. The van der Waals surface area contributed by atoms with E-state index >= 15 is 0 Å². The summed E-state index contributed by atoms with van der Waals surface area (Å²) < 4.78 is 5.14. The molecule has 1 aromatic carbocycles. The topological polar surface area (TPSA) is 64.1 Å². The van der Waals surface area contributed by atoms with Crippen LogP contribution in [-0.2, 0) is 4.74 Å². The number of anilines is 1. The Morgan fingerprint density at radius 3 is 2.79 bits per heavy atom. The summed E-state index contributed by atoms with van der Waals surface area (Å²) in [7, 11) is 0. The van der Waals surface area contributed by atoms with Crippen molar-refractivity contribution in [1.29, 1.82) is 0 Å². The van der Waals surface area contributed by atoms with Crippen molar-refractivity contribution in [3.05, 3.63) is 42.1 Å². The molecule has 2 aromatic rings. The van der Waals surface area contributed by atoms with E-state index in [0.717, 1.165) is 24.1 Å². The van der Waals surface area contributed by atoms with E-state index in [1.807, 2.05) is 24.3 Å². The zero-order chi connectivity index (χ0) is 16.8. The van der Waals surface area contributed by atoms with Crippen molar-refractivity contribution < 1.29 is 9.53 Å². The lowest BCUT2D eigenvalue weighted by molar-refractivity contribution is 0.0527. The maximum Gasteiger partial charge on any atom is 0.338 e. The number of rotatable bonds is 5. The molecule has 1 aromatic heterocycles. The summed E-state index contributed by atoms with van der Waals surface area (Å²) in [5.74, 6) is 0.298. The monoisotopic (exact) mass is 325 g/mol. The first-order valence-electron chi connectivity index (χ1n) is 8.64. The molecule has 0 bridgehead atoms. The minimum atomic E-state index is -0.325.